The van der Waals surface area contributed by atoms with Gasteiger partial charge in [0.2, 0.25) is 10.0 Å². The standard InChI is InChI=1S/C9H13N3O3S2/c10-17(14,15)8-3-1-7(2-4-8)12-9(16)11-5-6-13/h1-4,13H,5-6H2,(H2,10,14,15)(H2,11,12,16). The van der Waals surface area contributed by atoms with Gasteiger partial charge in [-0.2, -0.15) is 0 Å². The lowest BCUT2D eigenvalue weighted by Gasteiger charge is -2.09. The second-order valence-corrected chi connectivity index (χ2v) is 5.14. The quantitative estimate of drug-likeness (QED) is 0.558. The molecular weight excluding hydrogens is 262 g/mol. The first-order valence-electron chi connectivity index (χ1n) is 4.72. The molecule has 8 heteroatoms. The molecule has 1 aromatic carbocycles. The fraction of sp³-hybridized carbons (Fsp3) is 0.222. The van der Waals surface area contributed by atoms with Crippen LogP contribution in [0.3, 0.4) is 0 Å². The van der Waals surface area contributed by atoms with Crippen LogP contribution in [0.5, 0.6) is 0 Å². The maximum atomic E-state index is 11.0. The number of hydrogen-bond acceptors (Lipinski definition) is 4. The van der Waals surface area contributed by atoms with E-state index in [1.54, 1.807) is 12.1 Å². The molecule has 17 heavy (non-hydrogen) atoms. The van der Waals surface area contributed by atoms with Crippen molar-refractivity contribution < 1.29 is 13.5 Å². The molecule has 0 aliphatic heterocycles. The third-order valence-electron chi connectivity index (χ3n) is 1.84. The second kappa shape index (κ2) is 5.92. The van der Waals surface area contributed by atoms with E-state index >= 15 is 0 Å². The monoisotopic (exact) mass is 275 g/mol. The first kappa shape index (κ1) is 13.8. The van der Waals surface area contributed by atoms with Crippen LogP contribution in [0.15, 0.2) is 29.2 Å². The van der Waals surface area contributed by atoms with Crippen LogP contribution >= 0.6 is 12.2 Å². The van der Waals surface area contributed by atoms with Crippen molar-refractivity contribution in [1.29, 1.82) is 0 Å². The average molecular weight is 275 g/mol. The zero-order valence-electron chi connectivity index (χ0n) is 8.88. The molecule has 0 bridgehead atoms. The molecule has 0 amide bonds. The van der Waals surface area contributed by atoms with Crippen LogP contribution in [0, 0.1) is 0 Å². The lowest BCUT2D eigenvalue weighted by atomic mass is 10.3. The van der Waals surface area contributed by atoms with E-state index in [1.807, 2.05) is 0 Å². The topological polar surface area (TPSA) is 104 Å². The van der Waals surface area contributed by atoms with Crippen molar-refractivity contribution in [3.8, 4) is 0 Å². The first-order chi connectivity index (χ1) is 7.93. The third-order valence-corrected chi connectivity index (χ3v) is 3.01. The molecule has 0 saturated heterocycles. The van der Waals surface area contributed by atoms with E-state index in [2.05, 4.69) is 10.6 Å². The first-order valence-corrected chi connectivity index (χ1v) is 6.67. The van der Waals surface area contributed by atoms with Crippen LogP contribution in [0.1, 0.15) is 0 Å². The molecule has 0 aliphatic rings. The van der Waals surface area contributed by atoms with Gasteiger partial charge < -0.3 is 15.7 Å². The van der Waals surface area contributed by atoms with Crippen molar-refractivity contribution in [3.63, 3.8) is 0 Å². The van der Waals surface area contributed by atoms with Crippen molar-refractivity contribution in [1.82, 2.24) is 5.32 Å². The van der Waals surface area contributed by atoms with Gasteiger partial charge in [-0.05, 0) is 36.5 Å². The Kier molecular flexibility index (Phi) is 4.82. The minimum atomic E-state index is -3.67. The molecule has 0 saturated carbocycles. The van der Waals surface area contributed by atoms with Crippen LogP contribution in [-0.4, -0.2) is 31.8 Å². The summed E-state index contributed by atoms with van der Waals surface area (Å²) in [7, 11) is -3.67. The number of thiocarbonyl (C=S) groups is 1. The number of nitrogens with one attached hydrogen (secondary N) is 2. The zero-order valence-corrected chi connectivity index (χ0v) is 10.5. The molecule has 5 N–H and O–H groups in total. The number of hydrogen-bond donors (Lipinski definition) is 4. The van der Waals surface area contributed by atoms with Gasteiger partial charge in [0, 0.05) is 12.2 Å². The Balaban J connectivity index is 2.66. The fourth-order valence-corrected chi connectivity index (χ4v) is 1.81. The number of anilines is 1. The van der Waals surface area contributed by atoms with Crippen molar-refractivity contribution in [3.05, 3.63) is 24.3 Å². The molecular formula is C9H13N3O3S2. The van der Waals surface area contributed by atoms with Crippen molar-refractivity contribution in [2.45, 2.75) is 4.90 Å². The Morgan fingerprint density at radius 1 is 1.35 bits per heavy atom. The number of benzene rings is 1. The van der Waals surface area contributed by atoms with Gasteiger partial charge in [-0.1, -0.05) is 0 Å². The summed E-state index contributed by atoms with van der Waals surface area (Å²) in [5.74, 6) is 0. The van der Waals surface area contributed by atoms with Crippen molar-refractivity contribution in [2.75, 3.05) is 18.5 Å². The van der Waals surface area contributed by atoms with E-state index < -0.39 is 10.0 Å². The van der Waals surface area contributed by atoms with Gasteiger partial charge in [-0.15, -0.1) is 0 Å². The number of nitrogens with two attached hydrogens (primary N) is 1. The van der Waals surface area contributed by atoms with Crippen LogP contribution in [-0.2, 0) is 10.0 Å². The van der Waals surface area contributed by atoms with E-state index in [9.17, 15) is 8.42 Å². The largest absolute Gasteiger partial charge is 0.395 e. The van der Waals surface area contributed by atoms with E-state index in [0.29, 0.717) is 17.3 Å². The Morgan fingerprint density at radius 3 is 2.41 bits per heavy atom. The van der Waals surface area contributed by atoms with E-state index in [1.165, 1.54) is 12.1 Å². The van der Waals surface area contributed by atoms with Gasteiger partial charge in [-0.25, -0.2) is 13.6 Å². The molecule has 1 aromatic rings. The Bertz CT molecular complexity index is 485. The van der Waals surface area contributed by atoms with E-state index in [4.69, 9.17) is 22.5 Å². The highest BCUT2D eigenvalue weighted by molar-refractivity contribution is 7.89. The summed E-state index contributed by atoms with van der Waals surface area (Å²) in [5.41, 5.74) is 0.632. The van der Waals surface area contributed by atoms with Crippen molar-refractivity contribution in [2.24, 2.45) is 5.14 Å². The average Bonchev–Trinajstić information content (AvgIpc) is 2.26. The van der Waals surface area contributed by atoms with Crippen LogP contribution in [0.2, 0.25) is 0 Å². The van der Waals surface area contributed by atoms with Gasteiger partial charge in [-0.3, -0.25) is 0 Å². The normalized spacial score (nSPS) is 10.9. The summed E-state index contributed by atoms with van der Waals surface area (Å²) in [4.78, 5) is 0.0392. The third kappa shape index (κ3) is 4.65. The Hall–Kier alpha value is -1.22. The van der Waals surface area contributed by atoms with Crippen LogP contribution in [0.4, 0.5) is 5.69 Å². The summed E-state index contributed by atoms with van der Waals surface area (Å²) in [5, 5.41) is 19.5. The number of aliphatic hydroxyl groups is 1. The molecule has 0 aromatic heterocycles. The van der Waals surface area contributed by atoms with Crippen LogP contribution in [0.25, 0.3) is 0 Å². The molecule has 0 atom stereocenters. The molecule has 0 heterocycles. The van der Waals surface area contributed by atoms with Gasteiger partial charge >= 0.3 is 0 Å². The summed E-state index contributed by atoms with van der Waals surface area (Å²) >= 11 is 4.93. The highest BCUT2D eigenvalue weighted by Gasteiger charge is 2.06. The summed E-state index contributed by atoms with van der Waals surface area (Å²) in [6.07, 6.45) is 0. The predicted molar refractivity (Wildman–Crippen MR) is 69.1 cm³/mol. The highest BCUT2D eigenvalue weighted by Crippen LogP contribution is 2.12. The molecule has 0 aliphatic carbocycles. The molecule has 94 valence electrons. The highest BCUT2D eigenvalue weighted by atomic mass is 32.2. The molecule has 0 fully saturated rings. The summed E-state index contributed by atoms with van der Waals surface area (Å²) < 4.78 is 22.0. The smallest absolute Gasteiger partial charge is 0.238 e. The maximum Gasteiger partial charge on any atom is 0.238 e. The van der Waals surface area contributed by atoms with Crippen LogP contribution < -0.4 is 15.8 Å². The number of sulfonamides is 1. The number of aliphatic hydroxyl groups excluding tert-OH is 1. The molecule has 6 nitrogen and oxygen atoms in total. The minimum absolute atomic E-state index is 0.0217. The Labute approximate surface area is 105 Å². The summed E-state index contributed by atoms with van der Waals surface area (Å²) in [6, 6.07) is 5.86. The zero-order chi connectivity index (χ0) is 12.9. The summed E-state index contributed by atoms with van der Waals surface area (Å²) in [6.45, 7) is 0.327. The van der Waals surface area contributed by atoms with Gasteiger partial charge in [0.15, 0.2) is 5.11 Å². The number of primary sulfonamides is 1. The predicted octanol–water partition coefficient (Wildman–Crippen LogP) is -0.387. The maximum absolute atomic E-state index is 11.0. The lowest BCUT2D eigenvalue weighted by molar-refractivity contribution is 0.301. The van der Waals surface area contributed by atoms with Crippen molar-refractivity contribution >= 4 is 33.0 Å². The van der Waals surface area contributed by atoms with Gasteiger partial charge in [0.1, 0.15) is 0 Å². The van der Waals surface area contributed by atoms with E-state index in [0.717, 1.165) is 0 Å². The Morgan fingerprint density at radius 2 is 1.94 bits per heavy atom. The SMILES string of the molecule is NS(=O)(=O)c1ccc(NC(=S)NCCO)cc1. The molecule has 0 radical (unpaired) electrons. The van der Waals surface area contributed by atoms with E-state index in [-0.39, 0.29) is 11.5 Å². The second-order valence-electron chi connectivity index (χ2n) is 3.17. The lowest BCUT2D eigenvalue weighted by Crippen LogP contribution is -2.30. The molecule has 1 rings (SSSR count). The fourth-order valence-electron chi connectivity index (χ4n) is 1.07. The number of rotatable bonds is 4. The minimum Gasteiger partial charge on any atom is -0.395 e. The van der Waals surface area contributed by atoms with Gasteiger partial charge in [0.05, 0.1) is 11.5 Å². The molecule has 0 unspecified atom stereocenters. The van der Waals surface area contributed by atoms with Gasteiger partial charge in [0.25, 0.3) is 0 Å². The molecule has 0 spiro atoms.